The first-order valence-corrected chi connectivity index (χ1v) is 17.6. The van der Waals surface area contributed by atoms with Gasteiger partial charge < -0.3 is 8.98 Å². The molecule has 0 amide bonds. The van der Waals surface area contributed by atoms with E-state index < -0.39 is 0 Å². The van der Waals surface area contributed by atoms with Gasteiger partial charge in [0.15, 0.2) is 0 Å². The summed E-state index contributed by atoms with van der Waals surface area (Å²) in [6.45, 7) is 0. The number of nitrogens with zero attached hydrogens (tertiary/aromatic N) is 2. The minimum atomic E-state index is 0.907. The highest BCUT2D eigenvalue weighted by atomic mass is 16.3. The van der Waals surface area contributed by atoms with Crippen molar-refractivity contribution in [2.45, 2.75) is 0 Å². The molecule has 3 aromatic heterocycles. The molecule has 3 heteroatoms. The van der Waals surface area contributed by atoms with Gasteiger partial charge >= 0.3 is 0 Å². The van der Waals surface area contributed by atoms with Gasteiger partial charge in [-0.05, 0) is 64.7 Å². The molecule has 0 fully saturated rings. The minimum Gasteiger partial charge on any atom is -0.455 e. The average molecular weight is 665 g/mol. The van der Waals surface area contributed by atoms with Crippen LogP contribution in [0.15, 0.2) is 186 Å². The van der Waals surface area contributed by atoms with Gasteiger partial charge in [-0.25, -0.2) is 4.98 Å². The van der Waals surface area contributed by atoms with Crippen molar-refractivity contribution in [2.24, 2.45) is 0 Å². The van der Waals surface area contributed by atoms with Crippen molar-refractivity contribution in [1.82, 2.24) is 9.55 Å². The Balaban J connectivity index is 1.02. The number of aromatic nitrogens is 2. The average Bonchev–Trinajstić information content (AvgIpc) is 3.76. The molecule has 244 valence electrons. The van der Waals surface area contributed by atoms with Gasteiger partial charge in [-0.3, -0.25) is 0 Å². The fourth-order valence-corrected chi connectivity index (χ4v) is 7.46. The monoisotopic (exact) mass is 664 g/mol. The molecule has 0 saturated carbocycles. The summed E-state index contributed by atoms with van der Waals surface area (Å²) >= 11 is 0. The standard InChI is InChI=1S/C49H32N2O/c1-3-12-33(13-4-1)39-31-44(35-14-5-2-6-15-35)50-45(32-39)36-24-22-34(23-25-36)38-26-27-47-43(30-38)40-17-7-9-20-46(40)51(47)29-28-37-16-11-19-42-41-18-8-10-21-48(41)52-49(37)42/h1-32H. The highest BCUT2D eigenvalue weighted by molar-refractivity contribution is 6.11. The molecule has 7 aromatic carbocycles. The zero-order chi connectivity index (χ0) is 34.4. The van der Waals surface area contributed by atoms with Gasteiger partial charge in [0.2, 0.25) is 0 Å². The van der Waals surface area contributed by atoms with Crippen molar-refractivity contribution in [3.63, 3.8) is 0 Å². The number of hydrogen-bond donors (Lipinski definition) is 0. The Kier molecular flexibility index (Phi) is 7.14. The highest BCUT2D eigenvalue weighted by Gasteiger charge is 2.13. The van der Waals surface area contributed by atoms with E-state index in [0.717, 1.165) is 72.2 Å². The summed E-state index contributed by atoms with van der Waals surface area (Å²) in [6, 6.07) is 64.1. The molecule has 0 aliphatic heterocycles. The Labute approximate surface area is 301 Å². The molecule has 10 aromatic rings. The second-order valence-corrected chi connectivity index (χ2v) is 13.2. The third-order valence-corrected chi connectivity index (χ3v) is 10.1. The lowest BCUT2D eigenvalue weighted by Gasteiger charge is -2.11. The lowest BCUT2D eigenvalue weighted by atomic mass is 9.98. The topological polar surface area (TPSA) is 31.0 Å². The van der Waals surface area contributed by atoms with Crippen LogP contribution in [0.25, 0.3) is 101 Å². The number of hydrogen-bond acceptors (Lipinski definition) is 2. The molecule has 0 N–H and O–H groups in total. The summed E-state index contributed by atoms with van der Waals surface area (Å²) < 4.78 is 8.60. The van der Waals surface area contributed by atoms with E-state index in [2.05, 4.69) is 181 Å². The molecule has 3 heterocycles. The Morgan fingerprint density at radius 2 is 0.981 bits per heavy atom. The summed E-state index contributed by atoms with van der Waals surface area (Å²) in [6.07, 6.45) is 4.33. The summed E-state index contributed by atoms with van der Waals surface area (Å²) in [5.74, 6) is 0. The van der Waals surface area contributed by atoms with Gasteiger partial charge in [-0.15, -0.1) is 0 Å². The van der Waals surface area contributed by atoms with Gasteiger partial charge in [-0.2, -0.15) is 0 Å². The van der Waals surface area contributed by atoms with Crippen molar-refractivity contribution in [2.75, 3.05) is 0 Å². The first-order chi connectivity index (χ1) is 25.8. The normalized spacial score (nSPS) is 11.8. The fraction of sp³-hybridized carbons (Fsp3) is 0. The molecule has 0 radical (unpaired) electrons. The number of pyridine rings is 1. The molecule has 0 bridgehead atoms. The molecule has 0 saturated heterocycles. The van der Waals surface area contributed by atoms with Crippen LogP contribution >= 0.6 is 0 Å². The minimum absolute atomic E-state index is 0.907. The fourth-order valence-electron chi connectivity index (χ4n) is 7.46. The maximum absolute atomic E-state index is 6.32. The molecule has 52 heavy (non-hydrogen) atoms. The van der Waals surface area contributed by atoms with Crippen LogP contribution in [-0.2, 0) is 0 Å². The van der Waals surface area contributed by atoms with E-state index in [1.807, 2.05) is 18.2 Å². The molecule has 0 aliphatic carbocycles. The quantitative estimate of drug-likeness (QED) is 0.177. The van der Waals surface area contributed by atoms with E-state index in [1.54, 1.807) is 0 Å². The van der Waals surface area contributed by atoms with Crippen molar-refractivity contribution in [3.8, 4) is 44.8 Å². The smallest absolute Gasteiger partial charge is 0.142 e. The van der Waals surface area contributed by atoms with Crippen LogP contribution in [0.4, 0.5) is 0 Å². The zero-order valence-electron chi connectivity index (χ0n) is 28.3. The summed E-state index contributed by atoms with van der Waals surface area (Å²) in [4.78, 5) is 5.13. The second-order valence-electron chi connectivity index (χ2n) is 13.2. The first kappa shape index (κ1) is 29.9. The lowest BCUT2D eigenvalue weighted by molar-refractivity contribution is 0.668. The number of benzene rings is 7. The lowest BCUT2D eigenvalue weighted by Crippen LogP contribution is -1.91. The number of furan rings is 1. The van der Waals surface area contributed by atoms with Crippen LogP contribution in [0, 0.1) is 0 Å². The molecular formula is C49H32N2O. The van der Waals surface area contributed by atoms with Crippen LogP contribution < -0.4 is 0 Å². The van der Waals surface area contributed by atoms with Crippen LogP contribution in [0.2, 0.25) is 0 Å². The first-order valence-electron chi connectivity index (χ1n) is 17.6. The van der Waals surface area contributed by atoms with E-state index >= 15 is 0 Å². The predicted octanol–water partition coefficient (Wildman–Crippen LogP) is 13.4. The van der Waals surface area contributed by atoms with Crippen LogP contribution in [0.5, 0.6) is 0 Å². The number of rotatable bonds is 6. The van der Waals surface area contributed by atoms with Crippen LogP contribution in [0.1, 0.15) is 5.56 Å². The van der Waals surface area contributed by atoms with E-state index in [1.165, 1.54) is 21.9 Å². The van der Waals surface area contributed by atoms with Gasteiger partial charge in [-0.1, -0.05) is 146 Å². The highest BCUT2D eigenvalue weighted by Crippen LogP contribution is 2.36. The van der Waals surface area contributed by atoms with Crippen LogP contribution in [-0.4, -0.2) is 9.55 Å². The summed E-state index contributed by atoms with van der Waals surface area (Å²) in [7, 11) is 0. The van der Waals surface area contributed by atoms with Gasteiger partial charge in [0.05, 0.1) is 22.4 Å². The van der Waals surface area contributed by atoms with Gasteiger partial charge in [0, 0.05) is 44.4 Å². The van der Waals surface area contributed by atoms with E-state index in [9.17, 15) is 0 Å². The van der Waals surface area contributed by atoms with Crippen molar-refractivity contribution in [1.29, 1.82) is 0 Å². The van der Waals surface area contributed by atoms with Crippen molar-refractivity contribution in [3.05, 3.63) is 188 Å². The van der Waals surface area contributed by atoms with Crippen molar-refractivity contribution < 1.29 is 4.42 Å². The Bertz CT molecular complexity index is 2870. The predicted molar refractivity (Wildman–Crippen MR) is 218 cm³/mol. The maximum Gasteiger partial charge on any atom is 0.142 e. The largest absolute Gasteiger partial charge is 0.455 e. The Morgan fingerprint density at radius 3 is 1.77 bits per heavy atom. The maximum atomic E-state index is 6.32. The summed E-state index contributed by atoms with van der Waals surface area (Å²) in [5, 5.41) is 4.71. The molecule has 0 atom stereocenters. The molecule has 0 unspecified atom stereocenters. The van der Waals surface area contributed by atoms with E-state index in [0.29, 0.717) is 0 Å². The third kappa shape index (κ3) is 5.19. The molecule has 0 aliphatic rings. The Hall–Kier alpha value is -6.97. The van der Waals surface area contributed by atoms with Gasteiger partial charge in [0.25, 0.3) is 0 Å². The van der Waals surface area contributed by atoms with E-state index in [-0.39, 0.29) is 0 Å². The molecular weight excluding hydrogens is 633 g/mol. The SMILES string of the molecule is C(=Cn1c2ccccc2c2cc(-c3ccc(-c4cc(-c5ccccc5)cc(-c5ccccc5)n4)cc3)ccc21)c1cccc2c1oc1ccccc12. The van der Waals surface area contributed by atoms with Crippen molar-refractivity contribution >= 4 is 56.0 Å². The zero-order valence-corrected chi connectivity index (χ0v) is 28.3. The van der Waals surface area contributed by atoms with E-state index in [4.69, 9.17) is 9.40 Å². The molecule has 10 rings (SSSR count). The Morgan fingerprint density at radius 1 is 0.404 bits per heavy atom. The molecule has 0 spiro atoms. The number of para-hydroxylation sites is 3. The summed E-state index contributed by atoms with van der Waals surface area (Å²) in [5.41, 5.74) is 14.0. The third-order valence-electron chi connectivity index (χ3n) is 10.1. The number of fused-ring (bicyclic) bond motifs is 6. The second kappa shape index (κ2) is 12.4. The molecule has 3 nitrogen and oxygen atoms in total. The van der Waals surface area contributed by atoms with Gasteiger partial charge in [0.1, 0.15) is 11.2 Å². The van der Waals surface area contributed by atoms with Crippen LogP contribution in [0.3, 0.4) is 0 Å².